The largest absolute Gasteiger partial charge is 0.508 e. The Balaban J connectivity index is 3.89. The number of phenols is 1. The Morgan fingerprint density at radius 1 is 0.327 bits per heavy atom. The number of carbonyl (C=O) groups is 12. The number of rotatable bonds is 58. The molecule has 110 heavy (non-hydrogen) atoms. The number of unbranched alkanes of at least 4 members (excludes halogenated alkanes) is 2. The average Bonchev–Trinajstić information content (AvgIpc) is 0.869. The second kappa shape index (κ2) is 54.7. The summed E-state index contributed by atoms with van der Waals surface area (Å²) in [7, 11) is 0. The zero-order valence-corrected chi connectivity index (χ0v) is 62.0. The summed E-state index contributed by atoms with van der Waals surface area (Å²) in [6, 6.07) is -8.88. The second-order valence-electron chi connectivity index (χ2n) is 25.4. The van der Waals surface area contributed by atoms with Crippen LogP contribution in [0.1, 0.15) is 134 Å². The Morgan fingerprint density at radius 3 is 0.827 bits per heavy atom. The van der Waals surface area contributed by atoms with Gasteiger partial charge in [0, 0.05) is 45.7 Å². The molecule has 46 heteroatoms. The number of carboxylic acids is 1. The second-order valence-corrected chi connectivity index (χ2v) is 25.4. The van der Waals surface area contributed by atoms with Crippen molar-refractivity contribution in [2.75, 3.05) is 58.9 Å². The van der Waals surface area contributed by atoms with Crippen molar-refractivity contribution in [3.63, 3.8) is 0 Å². The molecule has 1 aromatic carbocycles. The molecule has 0 radical (unpaired) electrons. The minimum Gasteiger partial charge on any atom is -0.508 e. The zero-order valence-electron chi connectivity index (χ0n) is 62.0. The molecule has 0 fully saturated rings. The third-order valence-electron chi connectivity index (χ3n) is 16.1. The van der Waals surface area contributed by atoms with Crippen LogP contribution in [0.3, 0.4) is 0 Å². The lowest BCUT2D eigenvalue weighted by Gasteiger charge is -2.28. The van der Waals surface area contributed by atoms with Gasteiger partial charge >= 0.3 is 5.97 Å². The molecule has 10 atom stereocenters. The van der Waals surface area contributed by atoms with E-state index in [9.17, 15) is 67.7 Å². The van der Waals surface area contributed by atoms with Gasteiger partial charge in [-0.15, -0.1) is 0 Å². The van der Waals surface area contributed by atoms with Crippen LogP contribution in [-0.2, 0) is 64.0 Å². The summed E-state index contributed by atoms with van der Waals surface area (Å²) in [5, 5.41) is 45.3. The molecule has 0 aromatic heterocycles. The molecule has 1 aromatic rings. The maximum Gasteiger partial charge on any atom is 0.326 e. The lowest BCUT2D eigenvalue weighted by Crippen LogP contribution is -2.60. The molecule has 0 heterocycles. The first-order valence-electron chi connectivity index (χ1n) is 35.8. The molecule has 618 valence electrons. The molecule has 0 aliphatic carbocycles. The minimum absolute atomic E-state index is 0.00318. The predicted molar refractivity (Wildman–Crippen MR) is 412 cm³/mol. The molecule has 0 aliphatic rings. The number of amides is 11. The van der Waals surface area contributed by atoms with E-state index in [1.807, 2.05) is 0 Å². The van der Waals surface area contributed by atoms with E-state index in [4.69, 9.17) is 91.7 Å². The molecule has 44 N–H and O–H groups in total. The standard InChI is InChI=1S/C64H118N32O14/c65-25-3-1-11-39(89-50(101)38(13-5-27-81-59(69)70)88-48(99)34-87-49(100)37(67)33-35-19-21-36(97)22-20-35)51(102)90-40(12-2-4-26-66)52(103)91-41(14-6-28-82-60(71)72)53(104)92-43(16-8-30-84-62(75)76)55(106)95-45(23-24-47(68)98)57(108)94-42(15-7-29-83-61(73)74)54(105)93-44(17-9-31-85-63(77)78)56(107)96-46(58(109)110)18-10-32-86-64(79)80/h19-22,37-46,97H,1-18,23-34,65-67H2,(H2,68,98)(H,87,100)(H,88,99)(H,89,101)(H,90,102)(H,91,103)(H,92,104)(H,93,105)(H,94,108)(H,95,106)(H,96,107)(H,109,110)(H4,69,70,81)(H4,71,72,82)(H4,73,74,83)(H4,75,76,84)(H4,77,78,85)(H4,79,80,86)/t37-,38-,39-,40-,41-,42-,43-,44-,45-,46-/m0/s1. The van der Waals surface area contributed by atoms with Crippen molar-refractivity contribution in [2.24, 2.45) is 122 Å². The summed E-state index contributed by atoms with van der Waals surface area (Å²) in [5.74, 6) is -13.5. The number of carbonyl (C=O) groups excluding carboxylic acids is 11. The van der Waals surface area contributed by atoms with Crippen LogP contribution < -0.4 is 145 Å². The van der Waals surface area contributed by atoms with Crippen LogP contribution in [0.15, 0.2) is 54.2 Å². The van der Waals surface area contributed by atoms with Gasteiger partial charge in [0.15, 0.2) is 35.8 Å². The fourth-order valence-electron chi connectivity index (χ4n) is 10.4. The van der Waals surface area contributed by atoms with E-state index in [0.717, 1.165) is 0 Å². The molecule has 0 bridgehead atoms. The summed E-state index contributed by atoms with van der Waals surface area (Å²) >= 11 is 0. The third-order valence-corrected chi connectivity index (χ3v) is 16.1. The number of nitrogens with one attached hydrogen (secondary N) is 10. The Kier molecular flexibility index (Phi) is 47.8. The van der Waals surface area contributed by atoms with E-state index in [1.54, 1.807) is 12.1 Å². The molecular formula is C64H118N32O14. The van der Waals surface area contributed by atoms with Crippen LogP contribution in [0.5, 0.6) is 5.75 Å². The van der Waals surface area contributed by atoms with Crippen molar-refractivity contribution in [2.45, 2.75) is 195 Å². The molecule has 0 aliphatic heterocycles. The number of nitrogens with zero attached hydrogens (tertiary/aromatic N) is 6. The molecule has 46 nitrogen and oxygen atoms in total. The Labute approximate surface area is 636 Å². The van der Waals surface area contributed by atoms with Gasteiger partial charge in [0.1, 0.15) is 60.1 Å². The topological polar surface area (TPSA) is 856 Å². The molecule has 11 amide bonds. The van der Waals surface area contributed by atoms with Gasteiger partial charge in [-0.3, -0.25) is 82.7 Å². The fraction of sp³-hybridized carbons (Fsp3) is 0.625. The monoisotopic (exact) mass is 1560 g/mol. The first-order valence-corrected chi connectivity index (χ1v) is 35.8. The smallest absolute Gasteiger partial charge is 0.326 e. The van der Waals surface area contributed by atoms with Gasteiger partial charge in [-0.05, 0) is 159 Å². The van der Waals surface area contributed by atoms with Gasteiger partial charge in [-0.25, -0.2) is 4.79 Å². The normalized spacial score (nSPS) is 13.5. The number of aliphatic imine (C=N–C) groups is 6. The number of aliphatic carboxylic acids is 1. The number of nitrogens with two attached hydrogens (primary N) is 16. The number of phenolic OH excluding ortho intramolecular Hbond substituents is 1. The number of hydrogen-bond acceptors (Lipinski definition) is 22. The minimum atomic E-state index is -1.74. The Hall–Kier alpha value is -11.8. The van der Waals surface area contributed by atoms with Crippen LogP contribution in [-0.4, -0.2) is 236 Å². The first kappa shape index (κ1) is 96.2. The number of aromatic hydroxyl groups is 1. The van der Waals surface area contributed by atoms with Crippen molar-refractivity contribution in [1.82, 2.24) is 53.2 Å². The summed E-state index contributed by atoms with van der Waals surface area (Å²) in [4.78, 5) is 191. The van der Waals surface area contributed by atoms with Crippen LogP contribution in [0.4, 0.5) is 0 Å². The van der Waals surface area contributed by atoms with E-state index in [-0.39, 0.29) is 203 Å². The van der Waals surface area contributed by atoms with Gasteiger partial charge in [-0.2, -0.15) is 0 Å². The highest BCUT2D eigenvalue weighted by atomic mass is 16.4. The molecule has 1 rings (SSSR count). The van der Waals surface area contributed by atoms with Crippen LogP contribution in [0, 0.1) is 0 Å². The van der Waals surface area contributed by atoms with Crippen molar-refractivity contribution >= 4 is 107 Å². The van der Waals surface area contributed by atoms with Crippen molar-refractivity contribution in [1.29, 1.82) is 0 Å². The number of primary amides is 1. The number of guanidine groups is 6. The highest BCUT2D eigenvalue weighted by molar-refractivity contribution is 5.99. The van der Waals surface area contributed by atoms with E-state index in [0.29, 0.717) is 18.4 Å². The SMILES string of the molecule is NCCCC[C@H](NC(=O)[C@H](CCCN=C(N)N)NC(=O)CNC(=O)[C@@H](N)Cc1ccc(O)cc1)C(=O)N[C@@H](CCCCN)C(=O)N[C@@H](CCCN=C(N)N)C(=O)N[C@@H](CCCN=C(N)N)C(=O)N[C@@H](CCC(N)=O)C(=O)N[C@@H](CCCN=C(N)N)C(=O)N[C@@H](CCCN=C(N)N)C(=O)N[C@@H](CCCN=C(N)N)C(=O)O. The van der Waals surface area contributed by atoms with Crippen molar-refractivity contribution in [3.05, 3.63) is 29.8 Å². The Bertz CT molecular complexity index is 3280. The maximum atomic E-state index is 14.8. The highest BCUT2D eigenvalue weighted by Crippen LogP contribution is 2.14. The average molecular weight is 1560 g/mol. The summed E-state index contributed by atoms with van der Waals surface area (Å²) < 4.78 is 0. The number of benzene rings is 1. The number of carboxylic acid groups (broad SMARTS) is 1. The van der Waals surface area contributed by atoms with Crippen molar-refractivity contribution < 1.29 is 67.7 Å². The van der Waals surface area contributed by atoms with Gasteiger partial charge < -0.3 is 155 Å². The number of hydrogen-bond donors (Lipinski definition) is 28. The van der Waals surface area contributed by atoms with E-state index in [2.05, 4.69) is 83.1 Å². The van der Waals surface area contributed by atoms with Gasteiger partial charge in [-0.1, -0.05) is 12.1 Å². The fourth-order valence-corrected chi connectivity index (χ4v) is 10.4. The summed E-state index contributed by atoms with van der Waals surface area (Å²) in [5.41, 5.74) is 90.3. The Morgan fingerprint density at radius 2 is 0.573 bits per heavy atom. The summed E-state index contributed by atoms with van der Waals surface area (Å²) in [6.07, 6.45) is -0.851. The van der Waals surface area contributed by atoms with E-state index >= 15 is 0 Å². The van der Waals surface area contributed by atoms with E-state index < -0.39 is 151 Å². The molecule has 0 spiro atoms. The van der Waals surface area contributed by atoms with Gasteiger partial charge in [0.2, 0.25) is 65.0 Å². The summed E-state index contributed by atoms with van der Waals surface area (Å²) in [6.45, 7) is -0.573. The van der Waals surface area contributed by atoms with Crippen LogP contribution >= 0.6 is 0 Å². The highest BCUT2D eigenvalue weighted by Gasteiger charge is 2.36. The molecule has 0 saturated carbocycles. The van der Waals surface area contributed by atoms with Crippen LogP contribution in [0.25, 0.3) is 0 Å². The quantitative estimate of drug-likeness (QED) is 0.0164. The predicted octanol–water partition coefficient (Wildman–Crippen LogP) is -11.3. The lowest BCUT2D eigenvalue weighted by molar-refractivity contribution is -0.142. The molecular weight excluding hydrogens is 1440 g/mol. The van der Waals surface area contributed by atoms with E-state index in [1.165, 1.54) is 12.1 Å². The molecule has 0 saturated heterocycles. The van der Waals surface area contributed by atoms with Crippen LogP contribution in [0.2, 0.25) is 0 Å². The van der Waals surface area contributed by atoms with Gasteiger partial charge in [0.05, 0.1) is 12.6 Å². The lowest BCUT2D eigenvalue weighted by atomic mass is 10.0. The van der Waals surface area contributed by atoms with Gasteiger partial charge in [0.25, 0.3) is 0 Å². The maximum absolute atomic E-state index is 14.8. The zero-order chi connectivity index (χ0) is 82.7. The molecule has 0 unspecified atom stereocenters. The third kappa shape index (κ3) is 44.3. The van der Waals surface area contributed by atoms with Crippen molar-refractivity contribution in [3.8, 4) is 5.75 Å². The first-order chi connectivity index (χ1) is 52.1.